The van der Waals surface area contributed by atoms with Gasteiger partial charge in [-0.1, -0.05) is 25.1 Å². The van der Waals surface area contributed by atoms with E-state index in [1.165, 1.54) is 12.1 Å². The van der Waals surface area contributed by atoms with Gasteiger partial charge in [-0.05, 0) is 43.0 Å². The van der Waals surface area contributed by atoms with Crippen molar-refractivity contribution in [1.29, 1.82) is 0 Å². The highest BCUT2D eigenvalue weighted by Crippen LogP contribution is 2.31. The lowest BCUT2D eigenvalue weighted by Crippen LogP contribution is -2.52. The van der Waals surface area contributed by atoms with Gasteiger partial charge in [0.05, 0.1) is 11.5 Å². The monoisotopic (exact) mass is 330 g/mol. The molecule has 2 rings (SSSR count). The first-order valence-corrected chi connectivity index (χ1v) is 8.42. The van der Waals surface area contributed by atoms with Crippen molar-refractivity contribution >= 4 is 5.91 Å². The number of benzene rings is 1. The summed E-state index contributed by atoms with van der Waals surface area (Å²) in [6.07, 6.45) is 4.85. The minimum Gasteiger partial charge on any atom is -0.339 e. The normalized spacial score (nSPS) is 18.3. The first kappa shape index (κ1) is 18.4. The van der Waals surface area contributed by atoms with E-state index in [0.29, 0.717) is 25.9 Å². The molecule has 0 bridgehead atoms. The molecule has 1 aliphatic heterocycles. The number of carbonyl (C=O) groups excluding carboxylic acids is 1. The summed E-state index contributed by atoms with van der Waals surface area (Å²) in [5.41, 5.74) is 1.45. The number of nitrogens with zero attached hydrogens (tertiary/aromatic N) is 1. The average molecular weight is 330 g/mol. The summed E-state index contributed by atoms with van der Waals surface area (Å²) >= 11 is 0. The van der Waals surface area contributed by atoms with Crippen LogP contribution in [-0.4, -0.2) is 30.4 Å². The van der Waals surface area contributed by atoms with E-state index in [1.807, 2.05) is 24.8 Å². The Morgan fingerprint density at radius 2 is 2.08 bits per heavy atom. The summed E-state index contributed by atoms with van der Waals surface area (Å²) in [6.45, 7) is 13.4. The Hall–Kier alpha value is -1.94. The van der Waals surface area contributed by atoms with Crippen molar-refractivity contribution in [2.24, 2.45) is 5.41 Å². The Bertz CT molecular complexity index is 616. The van der Waals surface area contributed by atoms with Crippen molar-refractivity contribution < 1.29 is 9.18 Å². The fourth-order valence-electron chi connectivity index (χ4n) is 3.45. The minimum atomic E-state index is -0.497. The zero-order valence-electron chi connectivity index (χ0n) is 14.6. The smallest absolute Gasteiger partial charge is 0.229 e. The van der Waals surface area contributed by atoms with Gasteiger partial charge < -0.3 is 10.2 Å². The maximum absolute atomic E-state index is 13.3. The fraction of sp³-hybridized carbons (Fsp3) is 0.450. The third-order valence-electron chi connectivity index (χ3n) is 4.78. The van der Waals surface area contributed by atoms with Gasteiger partial charge in [0.2, 0.25) is 5.91 Å². The summed E-state index contributed by atoms with van der Waals surface area (Å²) < 4.78 is 13.3. The van der Waals surface area contributed by atoms with Gasteiger partial charge in [-0.3, -0.25) is 4.79 Å². The third-order valence-corrected chi connectivity index (χ3v) is 4.78. The van der Waals surface area contributed by atoms with Gasteiger partial charge in [0.1, 0.15) is 5.82 Å². The van der Waals surface area contributed by atoms with E-state index in [0.717, 1.165) is 17.7 Å². The Kier molecular flexibility index (Phi) is 5.94. The van der Waals surface area contributed by atoms with Gasteiger partial charge in [0.15, 0.2) is 0 Å². The van der Waals surface area contributed by atoms with Crippen molar-refractivity contribution in [3.05, 3.63) is 60.5 Å². The Balaban J connectivity index is 2.18. The quantitative estimate of drug-likeness (QED) is 0.806. The molecular formula is C20H27FN2O. The van der Waals surface area contributed by atoms with Crippen LogP contribution in [0.5, 0.6) is 0 Å². The Labute approximate surface area is 144 Å². The van der Waals surface area contributed by atoms with Crippen LogP contribution in [0.4, 0.5) is 4.39 Å². The molecule has 0 aromatic heterocycles. The maximum atomic E-state index is 13.3. The Morgan fingerprint density at radius 3 is 2.67 bits per heavy atom. The number of aryl methyl sites for hydroxylation is 1. The first-order chi connectivity index (χ1) is 11.4. The number of hydrogen-bond donors (Lipinski definition) is 1. The summed E-state index contributed by atoms with van der Waals surface area (Å²) in [4.78, 5) is 15.0. The molecule has 24 heavy (non-hydrogen) atoms. The van der Waals surface area contributed by atoms with E-state index >= 15 is 0 Å². The molecule has 1 unspecified atom stereocenters. The van der Waals surface area contributed by atoms with Crippen molar-refractivity contribution in [3.8, 4) is 0 Å². The number of carbonyl (C=O) groups is 1. The SMILES string of the molecule is C=CCC(C)(CC=C)C(=O)N1CCNC(c2ccc(F)cc2C)C1. The first-order valence-electron chi connectivity index (χ1n) is 8.42. The molecule has 1 heterocycles. The van der Waals surface area contributed by atoms with E-state index < -0.39 is 5.41 Å². The highest BCUT2D eigenvalue weighted by Gasteiger charge is 2.36. The highest BCUT2D eigenvalue weighted by molar-refractivity contribution is 5.83. The number of rotatable bonds is 6. The Morgan fingerprint density at radius 1 is 1.42 bits per heavy atom. The lowest BCUT2D eigenvalue weighted by Gasteiger charge is -2.39. The molecule has 1 amide bonds. The van der Waals surface area contributed by atoms with Crippen LogP contribution in [0.3, 0.4) is 0 Å². The zero-order valence-corrected chi connectivity index (χ0v) is 14.6. The van der Waals surface area contributed by atoms with Gasteiger partial charge in [-0.25, -0.2) is 4.39 Å². The van der Waals surface area contributed by atoms with Gasteiger partial charge >= 0.3 is 0 Å². The van der Waals surface area contributed by atoms with Crippen molar-refractivity contribution in [2.45, 2.75) is 32.7 Å². The minimum absolute atomic E-state index is 0.0278. The molecule has 0 spiro atoms. The molecule has 1 aliphatic rings. The number of piperazine rings is 1. The predicted octanol–water partition coefficient (Wildman–Crippen LogP) is 3.77. The molecule has 1 saturated heterocycles. The van der Waals surface area contributed by atoms with Crippen LogP contribution in [0, 0.1) is 18.2 Å². The van der Waals surface area contributed by atoms with Crippen LogP contribution in [0.25, 0.3) is 0 Å². The second kappa shape index (κ2) is 7.75. The van der Waals surface area contributed by atoms with Crippen LogP contribution >= 0.6 is 0 Å². The molecule has 1 aromatic carbocycles. The molecule has 0 aliphatic carbocycles. The van der Waals surface area contributed by atoms with E-state index in [1.54, 1.807) is 12.2 Å². The summed E-state index contributed by atoms with van der Waals surface area (Å²) in [5, 5.41) is 3.44. The van der Waals surface area contributed by atoms with E-state index in [9.17, 15) is 9.18 Å². The van der Waals surface area contributed by atoms with Gasteiger partial charge in [-0.2, -0.15) is 0 Å². The number of halogens is 1. The number of hydrogen-bond acceptors (Lipinski definition) is 2. The molecule has 0 saturated carbocycles. The van der Waals surface area contributed by atoms with E-state index in [-0.39, 0.29) is 17.8 Å². The fourth-order valence-corrected chi connectivity index (χ4v) is 3.45. The molecule has 130 valence electrons. The summed E-state index contributed by atoms with van der Waals surface area (Å²) in [7, 11) is 0. The molecule has 1 atom stereocenters. The largest absolute Gasteiger partial charge is 0.339 e. The van der Waals surface area contributed by atoms with Crippen molar-refractivity contribution in [1.82, 2.24) is 10.2 Å². The number of allylic oxidation sites excluding steroid dienone is 2. The van der Waals surface area contributed by atoms with Crippen LogP contribution in [0.15, 0.2) is 43.5 Å². The van der Waals surface area contributed by atoms with Crippen molar-refractivity contribution in [3.63, 3.8) is 0 Å². The second-order valence-electron chi connectivity index (χ2n) is 6.81. The predicted molar refractivity (Wildman–Crippen MR) is 96.2 cm³/mol. The average Bonchev–Trinajstić information content (AvgIpc) is 2.54. The lowest BCUT2D eigenvalue weighted by molar-refractivity contribution is -0.142. The highest BCUT2D eigenvalue weighted by atomic mass is 19.1. The van der Waals surface area contributed by atoms with E-state index in [4.69, 9.17) is 0 Å². The maximum Gasteiger partial charge on any atom is 0.229 e. The van der Waals surface area contributed by atoms with Crippen LogP contribution in [0.1, 0.15) is 36.9 Å². The molecule has 4 heteroatoms. The van der Waals surface area contributed by atoms with E-state index in [2.05, 4.69) is 18.5 Å². The molecular weight excluding hydrogens is 303 g/mol. The lowest BCUT2D eigenvalue weighted by atomic mass is 9.81. The van der Waals surface area contributed by atoms with Crippen LogP contribution in [0.2, 0.25) is 0 Å². The van der Waals surface area contributed by atoms with Gasteiger partial charge in [-0.15, -0.1) is 13.2 Å². The summed E-state index contributed by atoms with van der Waals surface area (Å²) in [5.74, 6) is -0.0990. The van der Waals surface area contributed by atoms with Gasteiger partial charge in [0.25, 0.3) is 0 Å². The van der Waals surface area contributed by atoms with Crippen LogP contribution < -0.4 is 5.32 Å². The standard InChI is InChI=1S/C20H27FN2O/c1-5-9-20(4,10-6-2)19(24)23-12-11-22-18(14-23)17-8-7-16(21)13-15(17)3/h5-8,13,18,22H,1-2,9-12,14H2,3-4H3. The van der Waals surface area contributed by atoms with Crippen LogP contribution in [-0.2, 0) is 4.79 Å². The molecule has 1 N–H and O–H groups in total. The second-order valence-corrected chi connectivity index (χ2v) is 6.81. The topological polar surface area (TPSA) is 32.3 Å². The zero-order chi connectivity index (χ0) is 17.7. The number of amides is 1. The summed E-state index contributed by atoms with van der Waals surface area (Å²) in [6, 6.07) is 4.85. The molecule has 0 radical (unpaired) electrons. The van der Waals surface area contributed by atoms with Crippen molar-refractivity contribution in [2.75, 3.05) is 19.6 Å². The molecule has 1 fully saturated rings. The van der Waals surface area contributed by atoms with Gasteiger partial charge in [0, 0.05) is 19.6 Å². The molecule has 3 nitrogen and oxygen atoms in total. The molecule has 1 aromatic rings. The number of nitrogens with one attached hydrogen (secondary N) is 1. The third kappa shape index (κ3) is 3.93.